The molecule has 0 bridgehead atoms. The summed E-state index contributed by atoms with van der Waals surface area (Å²) in [4.78, 5) is 19.3. The van der Waals surface area contributed by atoms with Gasteiger partial charge in [0.15, 0.2) is 0 Å². The highest BCUT2D eigenvalue weighted by atomic mass is 16.2. The van der Waals surface area contributed by atoms with E-state index >= 15 is 0 Å². The van der Waals surface area contributed by atoms with Gasteiger partial charge in [0, 0.05) is 13.2 Å². The van der Waals surface area contributed by atoms with Crippen LogP contribution < -0.4 is 5.32 Å². The Labute approximate surface area is 103 Å². The van der Waals surface area contributed by atoms with Gasteiger partial charge < -0.3 is 4.98 Å². The molecule has 0 aliphatic heterocycles. The Bertz CT molecular complexity index is 679. The lowest BCUT2D eigenvalue weighted by molar-refractivity contribution is 0.101. The minimum Gasteiger partial charge on any atom is -0.324 e. The molecule has 90 valence electrons. The van der Waals surface area contributed by atoms with Crippen LogP contribution in [0.15, 0.2) is 36.5 Å². The lowest BCUT2D eigenvalue weighted by Gasteiger charge is -2.01. The van der Waals surface area contributed by atoms with Gasteiger partial charge in [-0.3, -0.25) is 14.8 Å². The van der Waals surface area contributed by atoms with Gasteiger partial charge in [-0.2, -0.15) is 5.10 Å². The van der Waals surface area contributed by atoms with Crippen molar-refractivity contribution in [2.45, 2.75) is 0 Å². The highest BCUT2D eigenvalue weighted by Crippen LogP contribution is 2.13. The van der Waals surface area contributed by atoms with E-state index in [1.807, 2.05) is 24.3 Å². The monoisotopic (exact) mass is 241 g/mol. The summed E-state index contributed by atoms with van der Waals surface area (Å²) in [7, 11) is 1.72. The highest BCUT2D eigenvalue weighted by Gasteiger charge is 2.11. The second-order valence-corrected chi connectivity index (χ2v) is 3.90. The molecule has 6 nitrogen and oxygen atoms in total. The zero-order valence-electron chi connectivity index (χ0n) is 9.71. The highest BCUT2D eigenvalue weighted by molar-refractivity contribution is 6.02. The average Bonchev–Trinajstić information content (AvgIpc) is 2.94. The number of nitrogens with one attached hydrogen (secondary N) is 2. The third-order valence-corrected chi connectivity index (χ3v) is 2.67. The topological polar surface area (TPSA) is 75.6 Å². The number of anilines is 1. The van der Waals surface area contributed by atoms with E-state index < -0.39 is 0 Å². The number of aromatic nitrogens is 4. The number of hydrogen-bond acceptors (Lipinski definition) is 3. The van der Waals surface area contributed by atoms with E-state index in [1.54, 1.807) is 19.3 Å². The second kappa shape index (κ2) is 3.99. The molecule has 1 aromatic carbocycles. The Hall–Kier alpha value is -2.63. The van der Waals surface area contributed by atoms with Crippen LogP contribution in [0.4, 0.5) is 5.95 Å². The minimum absolute atomic E-state index is 0.242. The summed E-state index contributed by atoms with van der Waals surface area (Å²) >= 11 is 0. The van der Waals surface area contributed by atoms with Gasteiger partial charge in [-0.15, -0.1) is 0 Å². The number of carbonyl (C=O) groups is 1. The number of H-pyrrole nitrogens is 1. The van der Waals surface area contributed by atoms with Crippen LogP contribution in [-0.2, 0) is 7.05 Å². The van der Waals surface area contributed by atoms with Gasteiger partial charge in [-0.05, 0) is 18.2 Å². The number of rotatable bonds is 2. The van der Waals surface area contributed by atoms with Crippen molar-refractivity contribution in [3.63, 3.8) is 0 Å². The number of benzene rings is 1. The van der Waals surface area contributed by atoms with Crippen molar-refractivity contribution in [1.82, 2.24) is 19.7 Å². The molecular formula is C12H11N5O. The molecule has 6 heteroatoms. The van der Waals surface area contributed by atoms with Crippen LogP contribution in [0.2, 0.25) is 0 Å². The SMILES string of the molecule is Cn1nccc1C(=O)Nc1nc2ccccc2[nH]1. The molecular weight excluding hydrogens is 230 g/mol. The third-order valence-electron chi connectivity index (χ3n) is 2.67. The molecule has 0 aliphatic carbocycles. The van der Waals surface area contributed by atoms with Crippen LogP contribution in [0.1, 0.15) is 10.5 Å². The van der Waals surface area contributed by atoms with E-state index in [2.05, 4.69) is 20.4 Å². The summed E-state index contributed by atoms with van der Waals surface area (Å²) in [6.07, 6.45) is 1.58. The van der Waals surface area contributed by atoms with Crippen LogP contribution >= 0.6 is 0 Å². The van der Waals surface area contributed by atoms with E-state index in [0.717, 1.165) is 11.0 Å². The molecule has 2 aromatic heterocycles. The number of fused-ring (bicyclic) bond motifs is 1. The normalized spacial score (nSPS) is 10.7. The predicted octanol–water partition coefficient (Wildman–Crippen LogP) is 1.55. The van der Waals surface area contributed by atoms with Crippen molar-refractivity contribution in [3.8, 4) is 0 Å². The summed E-state index contributed by atoms with van der Waals surface area (Å²) in [6.45, 7) is 0. The number of imidazole rings is 1. The Morgan fingerprint density at radius 2 is 2.17 bits per heavy atom. The number of aryl methyl sites for hydroxylation is 1. The lowest BCUT2D eigenvalue weighted by atomic mass is 10.3. The second-order valence-electron chi connectivity index (χ2n) is 3.90. The molecule has 3 aromatic rings. The smallest absolute Gasteiger partial charge is 0.276 e. The van der Waals surface area contributed by atoms with Gasteiger partial charge in [0.25, 0.3) is 5.91 Å². The number of para-hydroxylation sites is 2. The van der Waals surface area contributed by atoms with Crippen LogP contribution in [-0.4, -0.2) is 25.7 Å². The first-order chi connectivity index (χ1) is 8.74. The van der Waals surface area contributed by atoms with Crippen LogP contribution in [0.25, 0.3) is 11.0 Å². The molecule has 0 atom stereocenters. The fourth-order valence-corrected chi connectivity index (χ4v) is 1.78. The standard InChI is InChI=1S/C12H11N5O/c1-17-10(6-7-13-17)11(18)16-12-14-8-4-2-3-5-9(8)15-12/h2-7H,1H3,(H2,14,15,16,18). The van der Waals surface area contributed by atoms with E-state index in [1.165, 1.54) is 4.68 Å². The molecule has 0 radical (unpaired) electrons. The van der Waals surface area contributed by atoms with Gasteiger partial charge in [0.05, 0.1) is 11.0 Å². The van der Waals surface area contributed by atoms with Crippen LogP contribution in [0.5, 0.6) is 0 Å². The maximum Gasteiger partial charge on any atom is 0.276 e. The number of nitrogens with zero attached hydrogens (tertiary/aromatic N) is 3. The zero-order chi connectivity index (χ0) is 12.5. The zero-order valence-corrected chi connectivity index (χ0v) is 9.71. The van der Waals surface area contributed by atoms with Gasteiger partial charge in [0.2, 0.25) is 5.95 Å². The van der Waals surface area contributed by atoms with E-state index in [4.69, 9.17) is 0 Å². The first-order valence-electron chi connectivity index (χ1n) is 5.48. The van der Waals surface area contributed by atoms with Crippen molar-refractivity contribution in [2.24, 2.45) is 7.05 Å². The number of carbonyl (C=O) groups excluding carboxylic acids is 1. The van der Waals surface area contributed by atoms with Crippen molar-refractivity contribution in [3.05, 3.63) is 42.2 Å². The molecule has 0 saturated heterocycles. The predicted molar refractivity (Wildman–Crippen MR) is 67.3 cm³/mol. The van der Waals surface area contributed by atoms with Gasteiger partial charge in [-0.25, -0.2) is 4.98 Å². The van der Waals surface area contributed by atoms with Crippen molar-refractivity contribution < 1.29 is 4.79 Å². The Balaban J connectivity index is 1.88. The lowest BCUT2D eigenvalue weighted by Crippen LogP contribution is -2.16. The molecule has 0 aliphatic rings. The molecule has 0 saturated carbocycles. The Morgan fingerprint density at radius 3 is 2.89 bits per heavy atom. The molecule has 0 fully saturated rings. The van der Waals surface area contributed by atoms with Gasteiger partial charge in [0.1, 0.15) is 5.69 Å². The van der Waals surface area contributed by atoms with Crippen molar-refractivity contribution in [2.75, 3.05) is 5.32 Å². The molecule has 0 spiro atoms. The molecule has 2 N–H and O–H groups in total. The molecule has 1 amide bonds. The summed E-state index contributed by atoms with van der Waals surface area (Å²) in [5, 5.41) is 6.66. The Kier molecular flexibility index (Phi) is 2.33. The Morgan fingerprint density at radius 1 is 1.33 bits per heavy atom. The number of hydrogen-bond donors (Lipinski definition) is 2. The average molecular weight is 241 g/mol. The van der Waals surface area contributed by atoms with Crippen LogP contribution in [0.3, 0.4) is 0 Å². The van der Waals surface area contributed by atoms with E-state index in [-0.39, 0.29) is 5.91 Å². The van der Waals surface area contributed by atoms with E-state index in [0.29, 0.717) is 11.6 Å². The summed E-state index contributed by atoms with van der Waals surface area (Å²) in [5.74, 6) is 0.191. The first kappa shape index (κ1) is 10.5. The molecule has 0 unspecified atom stereocenters. The van der Waals surface area contributed by atoms with Gasteiger partial charge >= 0.3 is 0 Å². The fraction of sp³-hybridized carbons (Fsp3) is 0.0833. The summed E-state index contributed by atoms with van der Waals surface area (Å²) in [5.41, 5.74) is 2.19. The maximum atomic E-state index is 11.9. The van der Waals surface area contributed by atoms with Gasteiger partial charge in [-0.1, -0.05) is 12.1 Å². The van der Waals surface area contributed by atoms with Crippen molar-refractivity contribution >= 4 is 22.9 Å². The van der Waals surface area contributed by atoms with Crippen molar-refractivity contribution in [1.29, 1.82) is 0 Å². The molecule has 18 heavy (non-hydrogen) atoms. The quantitative estimate of drug-likeness (QED) is 0.714. The number of amides is 1. The maximum absolute atomic E-state index is 11.9. The molecule has 3 rings (SSSR count). The van der Waals surface area contributed by atoms with E-state index in [9.17, 15) is 4.79 Å². The summed E-state index contributed by atoms with van der Waals surface area (Å²) in [6, 6.07) is 9.24. The largest absolute Gasteiger partial charge is 0.324 e. The minimum atomic E-state index is -0.242. The first-order valence-corrected chi connectivity index (χ1v) is 5.48. The molecule has 2 heterocycles. The third kappa shape index (κ3) is 1.73. The summed E-state index contributed by atoms with van der Waals surface area (Å²) < 4.78 is 1.51. The number of aromatic amines is 1. The van der Waals surface area contributed by atoms with Crippen LogP contribution in [0, 0.1) is 0 Å². The fourth-order valence-electron chi connectivity index (χ4n) is 1.78.